The lowest BCUT2D eigenvalue weighted by Crippen LogP contribution is -2.57. The van der Waals surface area contributed by atoms with Crippen molar-refractivity contribution in [3.8, 4) is 0 Å². The molecule has 0 rings (SSSR count). The first-order chi connectivity index (χ1) is 9.98. The summed E-state index contributed by atoms with van der Waals surface area (Å²) in [6, 6.07) is 0. The Hall–Kier alpha value is -1.06. The van der Waals surface area contributed by atoms with Gasteiger partial charge in [-0.25, -0.2) is 0 Å². The summed E-state index contributed by atoms with van der Waals surface area (Å²) in [7, 11) is 0. The lowest BCUT2D eigenvalue weighted by atomic mass is 9.52. The van der Waals surface area contributed by atoms with Crippen LogP contribution in [0.2, 0.25) is 0 Å². The minimum absolute atomic E-state index is 0.0231. The van der Waals surface area contributed by atoms with Crippen LogP contribution in [0.15, 0.2) is 0 Å². The highest BCUT2D eigenvalue weighted by molar-refractivity contribution is 5.86. The van der Waals surface area contributed by atoms with E-state index >= 15 is 0 Å². The maximum Gasteiger partial charge on any atom is 0.313 e. The smallest absolute Gasteiger partial charge is 0.313 e. The summed E-state index contributed by atoms with van der Waals surface area (Å²) in [5, 5.41) is 0. The molecule has 0 radical (unpaired) electrons. The molecule has 2 atom stereocenters. The largest absolute Gasteiger partial charge is 0.466 e. The van der Waals surface area contributed by atoms with Crippen molar-refractivity contribution in [1.29, 1.82) is 0 Å². The highest BCUT2D eigenvalue weighted by atomic mass is 16.5. The highest BCUT2D eigenvalue weighted by Gasteiger charge is 2.60. The Morgan fingerprint density at radius 3 is 1.64 bits per heavy atom. The van der Waals surface area contributed by atoms with Gasteiger partial charge in [-0.1, -0.05) is 48.5 Å². The maximum absolute atomic E-state index is 13.0. The van der Waals surface area contributed by atoms with Gasteiger partial charge in [0, 0.05) is 0 Å². The summed E-state index contributed by atoms with van der Waals surface area (Å²) in [5.41, 5.74) is -1.36. The second-order valence-corrected chi connectivity index (χ2v) is 7.47. The van der Waals surface area contributed by atoms with Crippen LogP contribution >= 0.6 is 0 Å². The molecule has 0 amide bonds. The monoisotopic (exact) mass is 314 g/mol. The molecule has 0 aromatic rings. The molecular weight excluding hydrogens is 280 g/mol. The molecule has 4 heteroatoms. The summed E-state index contributed by atoms with van der Waals surface area (Å²) in [5.74, 6) is -1.22. The van der Waals surface area contributed by atoms with E-state index in [1.165, 1.54) is 0 Å². The van der Waals surface area contributed by atoms with E-state index in [9.17, 15) is 9.59 Å². The molecule has 0 fully saturated rings. The van der Waals surface area contributed by atoms with Gasteiger partial charge in [-0.3, -0.25) is 9.59 Å². The van der Waals surface area contributed by atoms with E-state index in [0.29, 0.717) is 13.2 Å². The number of hydrogen-bond acceptors (Lipinski definition) is 4. The van der Waals surface area contributed by atoms with Gasteiger partial charge in [-0.2, -0.15) is 0 Å². The van der Waals surface area contributed by atoms with Crippen LogP contribution < -0.4 is 0 Å². The SMILES string of the molecule is CCOC(=O)C(C(C)C)C(C(=O)OCC)(C(C)C)C(C)(C)C. The summed E-state index contributed by atoms with van der Waals surface area (Å²) < 4.78 is 10.7. The number of carbonyl (C=O) groups excluding carboxylic acids is 2. The van der Waals surface area contributed by atoms with Gasteiger partial charge in [-0.05, 0) is 31.1 Å². The molecule has 4 nitrogen and oxygen atoms in total. The van der Waals surface area contributed by atoms with Gasteiger partial charge >= 0.3 is 11.9 Å². The topological polar surface area (TPSA) is 52.6 Å². The fourth-order valence-electron chi connectivity index (χ4n) is 3.83. The molecule has 22 heavy (non-hydrogen) atoms. The third-order valence-corrected chi connectivity index (χ3v) is 4.46. The van der Waals surface area contributed by atoms with Gasteiger partial charge in [-0.15, -0.1) is 0 Å². The lowest BCUT2D eigenvalue weighted by Gasteiger charge is -2.50. The maximum atomic E-state index is 13.0. The van der Waals surface area contributed by atoms with Crippen LogP contribution in [0, 0.1) is 28.6 Å². The minimum Gasteiger partial charge on any atom is -0.466 e. The van der Waals surface area contributed by atoms with Gasteiger partial charge in [0.15, 0.2) is 0 Å². The lowest BCUT2D eigenvalue weighted by molar-refractivity contribution is -0.189. The van der Waals surface area contributed by atoms with Crippen LogP contribution in [0.4, 0.5) is 0 Å². The average molecular weight is 314 g/mol. The van der Waals surface area contributed by atoms with E-state index < -0.39 is 16.7 Å². The Morgan fingerprint density at radius 2 is 1.36 bits per heavy atom. The molecule has 0 N–H and O–H groups in total. The second kappa shape index (κ2) is 7.98. The van der Waals surface area contributed by atoms with Crippen LogP contribution in [0.1, 0.15) is 62.3 Å². The van der Waals surface area contributed by atoms with Crippen molar-refractivity contribution in [1.82, 2.24) is 0 Å². The van der Waals surface area contributed by atoms with Crippen molar-refractivity contribution in [2.45, 2.75) is 62.3 Å². The van der Waals surface area contributed by atoms with Gasteiger partial charge in [0.2, 0.25) is 0 Å². The fraction of sp³-hybridized carbons (Fsp3) is 0.889. The van der Waals surface area contributed by atoms with Gasteiger partial charge in [0.05, 0.1) is 24.5 Å². The Morgan fingerprint density at radius 1 is 0.909 bits per heavy atom. The Balaban J connectivity index is 6.31. The number of hydrogen-bond donors (Lipinski definition) is 0. The van der Waals surface area contributed by atoms with Crippen LogP contribution in [0.5, 0.6) is 0 Å². The first-order valence-electron chi connectivity index (χ1n) is 8.32. The van der Waals surface area contributed by atoms with Gasteiger partial charge in [0.1, 0.15) is 0 Å². The average Bonchev–Trinajstić information content (AvgIpc) is 2.33. The van der Waals surface area contributed by atoms with E-state index in [1.807, 2.05) is 48.5 Å². The summed E-state index contributed by atoms with van der Waals surface area (Å²) in [6.07, 6.45) is 0. The molecular formula is C18H34O4. The number of rotatable bonds is 7. The second-order valence-electron chi connectivity index (χ2n) is 7.47. The van der Waals surface area contributed by atoms with E-state index in [0.717, 1.165) is 0 Å². The molecule has 2 unspecified atom stereocenters. The molecule has 0 aliphatic carbocycles. The predicted octanol–water partition coefficient (Wildman–Crippen LogP) is 4.07. The summed E-state index contributed by atoms with van der Waals surface area (Å²) in [6.45, 7) is 18.1. The fourth-order valence-corrected chi connectivity index (χ4v) is 3.83. The molecule has 0 aliphatic heterocycles. The number of esters is 2. The van der Waals surface area contributed by atoms with Crippen molar-refractivity contribution in [3.05, 3.63) is 0 Å². The van der Waals surface area contributed by atoms with E-state index in [1.54, 1.807) is 13.8 Å². The molecule has 130 valence electrons. The van der Waals surface area contributed by atoms with Crippen molar-refractivity contribution in [2.24, 2.45) is 28.6 Å². The minimum atomic E-state index is -0.927. The van der Waals surface area contributed by atoms with Crippen LogP contribution in [0.25, 0.3) is 0 Å². The summed E-state index contributed by atoms with van der Waals surface area (Å²) in [4.78, 5) is 25.6. The molecule has 0 saturated carbocycles. The Kier molecular flexibility index (Phi) is 7.60. The van der Waals surface area contributed by atoms with Crippen LogP contribution in [-0.2, 0) is 19.1 Å². The van der Waals surface area contributed by atoms with Crippen molar-refractivity contribution in [2.75, 3.05) is 13.2 Å². The molecule has 0 bridgehead atoms. The van der Waals surface area contributed by atoms with Crippen molar-refractivity contribution in [3.63, 3.8) is 0 Å². The first kappa shape index (κ1) is 20.9. The van der Waals surface area contributed by atoms with E-state index in [2.05, 4.69) is 0 Å². The molecule has 0 aromatic carbocycles. The quantitative estimate of drug-likeness (QED) is 0.665. The Bertz CT molecular complexity index is 379. The van der Waals surface area contributed by atoms with Gasteiger partial charge < -0.3 is 9.47 Å². The van der Waals surface area contributed by atoms with Crippen molar-refractivity contribution < 1.29 is 19.1 Å². The van der Waals surface area contributed by atoms with Crippen molar-refractivity contribution >= 4 is 11.9 Å². The zero-order valence-corrected chi connectivity index (χ0v) is 15.8. The molecule has 0 saturated heterocycles. The molecule has 0 spiro atoms. The Labute approximate surface area is 135 Å². The molecule has 0 aliphatic rings. The molecule has 0 aromatic heterocycles. The number of ether oxygens (including phenoxy) is 2. The zero-order chi connectivity index (χ0) is 17.7. The van der Waals surface area contributed by atoms with E-state index in [-0.39, 0.29) is 23.8 Å². The third kappa shape index (κ3) is 3.82. The van der Waals surface area contributed by atoms with Crippen LogP contribution in [-0.4, -0.2) is 25.2 Å². The normalized spacial score (nSPS) is 16.3. The summed E-state index contributed by atoms with van der Waals surface area (Å²) >= 11 is 0. The zero-order valence-electron chi connectivity index (χ0n) is 15.8. The highest BCUT2D eigenvalue weighted by Crippen LogP contribution is 2.54. The van der Waals surface area contributed by atoms with Crippen LogP contribution in [0.3, 0.4) is 0 Å². The molecule has 0 heterocycles. The number of carbonyl (C=O) groups is 2. The van der Waals surface area contributed by atoms with E-state index in [4.69, 9.17) is 9.47 Å². The van der Waals surface area contributed by atoms with Gasteiger partial charge in [0.25, 0.3) is 0 Å². The standard InChI is InChI=1S/C18H34O4/c1-10-21-15(19)14(12(3)4)18(13(5)6,17(7,8)9)16(20)22-11-2/h12-14H,10-11H2,1-9H3. The predicted molar refractivity (Wildman–Crippen MR) is 88.3 cm³/mol. The first-order valence-corrected chi connectivity index (χ1v) is 8.32. The third-order valence-electron chi connectivity index (χ3n) is 4.46.